The average Bonchev–Trinajstić information content (AvgIpc) is 2.57. The van der Waals surface area contributed by atoms with E-state index in [0.717, 1.165) is 15.7 Å². The third-order valence-electron chi connectivity index (χ3n) is 3.54. The Morgan fingerprint density at radius 2 is 1.83 bits per heavy atom. The lowest BCUT2D eigenvalue weighted by molar-refractivity contribution is 0.613. The molecule has 1 heterocycles. The second kappa shape index (κ2) is 7.40. The van der Waals surface area contributed by atoms with E-state index in [1.807, 2.05) is 31.2 Å². The Balaban J connectivity index is 1.71. The van der Waals surface area contributed by atoms with Gasteiger partial charge >= 0.3 is 0 Å². The minimum atomic E-state index is -0.233. The van der Waals surface area contributed by atoms with E-state index in [1.165, 1.54) is 12.4 Å². The predicted molar refractivity (Wildman–Crippen MR) is 97.9 cm³/mol. The number of aryl methyl sites for hydroxylation is 1. The van der Waals surface area contributed by atoms with Crippen molar-refractivity contribution in [1.82, 2.24) is 9.97 Å². The zero-order valence-electron chi connectivity index (χ0n) is 13.1. The zero-order valence-corrected chi connectivity index (χ0v) is 14.6. The Labute approximate surface area is 148 Å². The van der Waals surface area contributed by atoms with Crippen LogP contribution in [0.4, 0.5) is 21.7 Å². The van der Waals surface area contributed by atoms with Gasteiger partial charge in [0.1, 0.15) is 23.8 Å². The first-order valence-electron chi connectivity index (χ1n) is 7.44. The van der Waals surface area contributed by atoms with Crippen molar-refractivity contribution >= 4 is 33.3 Å². The van der Waals surface area contributed by atoms with E-state index in [4.69, 9.17) is 0 Å². The summed E-state index contributed by atoms with van der Waals surface area (Å²) in [5, 5.41) is 6.38. The summed E-state index contributed by atoms with van der Waals surface area (Å²) < 4.78 is 14.7. The molecule has 0 bridgehead atoms. The van der Waals surface area contributed by atoms with Crippen molar-refractivity contribution in [3.05, 3.63) is 76.3 Å². The number of aromatic nitrogens is 2. The summed E-state index contributed by atoms with van der Waals surface area (Å²) >= 11 is 3.45. The Bertz CT molecular complexity index is 854. The van der Waals surface area contributed by atoms with E-state index < -0.39 is 0 Å². The predicted octanol–water partition coefficient (Wildman–Crippen LogP) is 5.04. The third-order valence-corrected chi connectivity index (χ3v) is 4.03. The molecule has 2 aromatic carbocycles. The van der Waals surface area contributed by atoms with Gasteiger partial charge in [-0.3, -0.25) is 0 Å². The largest absolute Gasteiger partial charge is 0.366 e. The highest BCUT2D eigenvalue weighted by atomic mass is 79.9. The van der Waals surface area contributed by atoms with Gasteiger partial charge < -0.3 is 10.6 Å². The van der Waals surface area contributed by atoms with Crippen molar-refractivity contribution in [3.63, 3.8) is 0 Å². The van der Waals surface area contributed by atoms with Gasteiger partial charge in [-0.15, -0.1) is 0 Å². The van der Waals surface area contributed by atoms with Crippen LogP contribution in [-0.4, -0.2) is 9.97 Å². The maximum absolute atomic E-state index is 13.6. The van der Waals surface area contributed by atoms with Crippen LogP contribution in [-0.2, 0) is 6.54 Å². The summed E-state index contributed by atoms with van der Waals surface area (Å²) in [5.74, 6) is 1.07. The molecule has 1 aromatic heterocycles. The molecular weight excluding hydrogens is 371 g/mol. The van der Waals surface area contributed by atoms with Crippen LogP contribution in [0.25, 0.3) is 0 Å². The van der Waals surface area contributed by atoms with Crippen molar-refractivity contribution in [2.45, 2.75) is 13.5 Å². The Morgan fingerprint density at radius 3 is 2.62 bits per heavy atom. The molecule has 0 atom stereocenters. The van der Waals surface area contributed by atoms with Gasteiger partial charge in [0.05, 0.1) is 0 Å². The number of hydrogen-bond donors (Lipinski definition) is 2. The first-order chi connectivity index (χ1) is 11.6. The van der Waals surface area contributed by atoms with Gasteiger partial charge in [0.25, 0.3) is 0 Å². The number of nitrogens with zero attached hydrogens (tertiary/aromatic N) is 2. The third kappa shape index (κ3) is 4.08. The number of hydrogen-bond acceptors (Lipinski definition) is 4. The van der Waals surface area contributed by atoms with Crippen LogP contribution in [0.2, 0.25) is 0 Å². The van der Waals surface area contributed by atoms with E-state index in [2.05, 4.69) is 36.5 Å². The van der Waals surface area contributed by atoms with E-state index in [1.54, 1.807) is 18.2 Å². The van der Waals surface area contributed by atoms with Gasteiger partial charge in [-0.05, 0) is 36.8 Å². The van der Waals surface area contributed by atoms with Crippen LogP contribution in [0, 0.1) is 12.7 Å². The molecule has 0 aliphatic heterocycles. The Hall–Kier alpha value is -2.47. The van der Waals surface area contributed by atoms with Crippen LogP contribution >= 0.6 is 15.9 Å². The molecule has 3 rings (SSSR count). The van der Waals surface area contributed by atoms with Crippen molar-refractivity contribution in [3.8, 4) is 0 Å². The fourth-order valence-corrected chi connectivity index (χ4v) is 2.73. The maximum atomic E-state index is 13.6. The lowest BCUT2D eigenvalue weighted by Gasteiger charge is -2.11. The van der Waals surface area contributed by atoms with Crippen LogP contribution < -0.4 is 10.6 Å². The Morgan fingerprint density at radius 1 is 1.04 bits per heavy atom. The smallest absolute Gasteiger partial charge is 0.135 e. The molecule has 122 valence electrons. The Kier molecular flexibility index (Phi) is 5.05. The second-order valence-electron chi connectivity index (χ2n) is 5.32. The number of benzene rings is 2. The molecule has 3 aromatic rings. The number of rotatable bonds is 5. The SMILES string of the molecule is Cc1cc(Br)ccc1Nc1cc(NCc2ccccc2F)ncn1. The quantitative estimate of drug-likeness (QED) is 0.644. The van der Waals surface area contributed by atoms with E-state index in [0.29, 0.717) is 23.7 Å². The molecular formula is C18H16BrFN4. The average molecular weight is 387 g/mol. The summed E-state index contributed by atoms with van der Waals surface area (Å²) in [6.07, 6.45) is 1.47. The van der Waals surface area contributed by atoms with Crippen LogP contribution in [0.5, 0.6) is 0 Å². The summed E-state index contributed by atoms with van der Waals surface area (Å²) in [5.41, 5.74) is 2.66. The molecule has 0 amide bonds. The van der Waals surface area contributed by atoms with Crippen LogP contribution in [0.1, 0.15) is 11.1 Å². The topological polar surface area (TPSA) is 49.8 Å². The molecule has 0 saturated heterocycles. The molecule has 4 nitrogen and oxygen atoms in total. The molecule has 0 fully saturated rings. The number of nitrogens with one attached hydrogen (secondary N) is 2. The first-order valence-corrected chi connectivity index (χ1v) is 8.23. The molecule has 6 heteroatoms. The van der Waals surface area contributed by atoms with Crippen molar-refractivity contribution in [1.29, 1.82) is 0 Å². The molecule has 0 aliphatic carbocycles. The molecule has 0 unspecified atom stereocenters. The van der Waals surface area contributed by atoms with Gasteiger partial charge in [0.2, 0.25) is 0 Å². The minimum Gasteiger partial charge on any atom is -0.366 e. The molecule has 0 saturated carbocycles. The van der Waals surface area contributed by atoms with Gasteiger partial charge in [0.15, 0.2) is 0 Å². The molecule has 0 radical (unpaired) electrons. The highest BCUT2D eigenvalue weighted by Crippen LogP contribution is 2.23. The minimum absolute atomic E-state index is 0.233. The standard InChI is InChI=1S/C18H16BrFN4/c1-12-8-14(19)6-7-16(12)24-18-9-17(22-11-23-18)21-10-13-4-2-3-5-15(13)20/h2-9,11H,10H2,1H3,(H2,21,22,23,24). The van der Waals surface area contributed by atoms with E-state index in [-0.39, 0.29) is 5.82 Å². The summed E-state index contributed by atoms with van der Waals surface area (Å²) in [6.45, 7) is 2.38. The van der Waals surface area contributed by atoms with Gasteiger partial charge in [-0.1, -0.05) is 34.1 Å². The van der Waals surface area contributed by atoms with Crippen LogP contribution in [0.15, 0.2) is 59.3 Å². The van der Waals surface area contributed by atoms with Crippen molar-refractivity contribution in [2.75, 3.05) is 10.6 Å². The number of anilines is 3. The van der Waals surface area contributed by atoms with Crippen molar-refractivity contribution in [2.24, 2.45) is 0 Å². The van der Waals surface area contributed by atoms with E-state index >= 15 is 0 Å². The van der Waals surface area contributed by atoms with Gasteiger partial charge in [-0.25, -0.2) is 14.4 Å². The lowest BCUT2D eigenvalue weighted by Crippen LogP contribution is -2.04. The van der Waals surface area contributed by atoms with Gasteiger partial charge in [0, 0.05) is 28.3 Å². The van der Waals surface area contributed by atoms with Crippen LogP contribution in [0.3, 0.4) is 0 Å². The molecule has 2 N–H and O–H groups in total. The maximum Gasteiger partial charge on any atom is 0.135 e. The number of halogens is 2. The highest BCUT2D eigenvalue weighted by Gasteiger charge is 2.04. The summed E-state index contributed by atoms with van der Waals surface area (Å²) in [6, 6.07) is 14.4. The van der Waals surface area contributed by atoms with E-state index in [9.17, 15) is 4.39 Å². The zero-order chi connectivity index (χ0) is 16.9. The fourth-order valence-electron chi connectivity index (χ4n) is 2.26. The normalized spacial score (nSPS) is 10.5. The lowest BCUT2D eigenvalue weighted by atomic mass is 10.2. The second-order valence-corrected chi connectivity index (χ2v) is 6.23. The highest BCUT2D eigenvalue weighted by molar-refractivity contribution is 9.10. The van der Waals surface area contributed by atoms with Gasteiger partial charge in [-0.2, -0.15) is 0 Å². The molecule has 0 aliphatic rings. The fraction of sp³-hybridized carbons (Fsp3) is 0.111. The summed E-state index contributed by atoms with van der Waals surface area (Å²) in [4.78, 5) is 8.39. The van der Waals surface area contributed by atoms with Crippen molar-refractivity contribution < 1.29 is 4.39 Å². The molecule has 0 spiro atoms. The monoisotopic (exact) mass is 386 g/mol. The first kappa shape index (κ1) is 16.4. The molecule has 24 heavy (non-hydrogen) atoms. The summed E-state index contributed by atoms with van der Waals surface area (Å²) in [7, 11) is 0.